The van der Waals surface area contributed by atoms with E-state index in [1.54, 1.807) is 18.0 Å². The first-order valence-electron chi connectivity index (χ1n) is 5.73. The lowest BCUT2D eigenvalue weighted by molar-refractivity contribution is 0.0934. The van der Waals surface area contributed by atoms with E-state index in [9.17, 15) is 4.79 Å². The van der Waals surface area contributed by atoms with Gasteiger partial charge in [0.2, 0.25) is 0 Å². The van der Waals surface area contributed by atoms with E-state index >= 15 is 0 Å². The Bertz CT molecular complexity index is 561. The number of aromatic nitrogens is 3. The zero-order valence-corrected chi connectivity index (χ0v) is 10.6. The van der Waals surface area contributed by atoms with Gasteiger partial charge in [-0.25, -0.2) is 4.68 Å². The van der Waals surface area contributed by atoms with Crippen LogP contribution < -0.4 is 4.74 Å². The first-order chi connectivity index (χ1) is 8.61. The van der Waals surface area contributed by atoms with Crippen molar-refractivity contribution in [1.29, 1.82) is 0 Å². The lowest BCUT2D eigenvalue weighted by atomic mass is 10.1. The predicted octanol–water partition coefficient (Wildman–Crippen LogP) is 2.11. The van der Waals surface area contributed by atoms with E-state index in [-0.39, 0.29) is 11.7 Å². The summed E-state index contributed by atoms with van der Waals surface area (Å²) in [4.78, 5) is 11.8. The van der Waals surface area contributed by atoms with Crippen LogP contribution in [-0.4, -0.2) is 27.9 Å². The van der Waals surface area contributed by atoms with Crippen molar-refractivity contribution in [2.24, 2.45) is 5.92 Å². The summed E-state index contributed by atoms with van der Waals surface area (Å²) in [6.45, 7) is 3.68. The monoisotopic (exact) mass is 245 g/mol. The Morgan fingerprint density at radius 3 is 2.83 bits per heavy atom. The third-order valence-corrected chi connectivity index (χ3v) is 2.59. The van der Waals surface area contributed by atoms with Gasteiger partial charge in [0.25, 0.3) is 0 Å². The van der Waals surface area contributed by atoms with E-state index in [2.05, 4.69) is 10.3 Å². The number of carbonyl (C=O) groups is 1. The van der Waals surface area contributed by atoms with E-state index in [0.29, 0.717) is 5.69 Å². The van der Waals surface area contributed by atoms with Gasteiger partial charge in [0.15, 0.2) is 5.78 Å². The molecule has 0 radical (unpaired) electrons. The lowest BCUT2D eigenvalue weighted by Crippen LogP contribution is -2.07. The maximum absolute atomic E-state index is 11.8. The molecule has 0 aliphatic heterocycles. The van der Waals surface area contributed by atoms with Crippen molar-refractivity contribution in [3.05, 3.63) is 36.2 Å². The van der Waals surface area contributed by atoms with Gasteiger partial charge in [-0.05, 0) is 12.1 Å². The molecule has 0 bridgehead atoms. The van der Waals surface area contributed by atoms with E-state index in [4.69, 9.17) is 4.74 Å². The zero-order valence-electron chi connectivity index (χ0n) is 10.6. The minimum Gasteiger partial charge on any atom is -0.497 e. The first kappa shape index (κ1) is 12.3. The van der Waals surface area contributed by atoms with Crippen LogP contribution in [0.15, 0.2) is 30.5 Å². The van der Waals surface area contributed by atoms with Gasteiger partial charge in [0.1, 0.15) is 11.4 Å². The summed E-state index contributed by atoms with van der Waals surface area (Å²) >= 11 is 0. The summed E-state index contributed by atoms with van der Waals surface area (Å²) < 4.78 is 6.71. The quantitative estimate of drug-likeness (QED) is 0.774. The molecule has 1 heterocycles. The number of hydrogen-bond donors (Lipinski definition) is 0. The van der Waals surface area contributed by atoms with Crippen LogP contribution in [0.5, 0.6) is 5.75 Å². The number of methoxy groups -OCH3 is 1. The molecule has 0 atom stereocenters. The maximum Gasteiger partial charge on any atom is 0.187 e. The number of hydrogen-bond acceptors (Lipinski definition) is 4. The summed E-state index contributed by atoms with van der Waals surface area (Å²) in [6.07, 6.45) is 1.64. The van der Waals surface area contributed by atoms with Crippen LogP contribution >= 0.6 is 0 Å². The fourth-order valence-electron chi connectivity index (χ4n) is 1.55. The van der Waals surface area contributed by atoms with Crippen molar-refractivity contribution in [2.75, 3.05) is 7.11 Å². The first-order valence-corrected chi connectivity index (χ1v) is 5.73. The molecule has 0 fully saturated rings. The minimum absolute atomic E-state index is 0.0100. The number of ether oxygens (including phenoxy) is 1. The fourth-order valence-corrected chi connectivity index (χ4v) is 1.55. The van der Waals surface area contributed by atoms with Gasteiger partial charge >= 0.3 is 0 Å². The highest BCUT2D eigenvalue weighted by Gasteiger charge is 2.14. The molecule has 2 rings (SSSR count). The topological polar surface area (TPSA) is 57.0 Å². The predicted molar refractivity (Wildman–Crippen MR) is 67.1 cm³/mol. The van der Waals surface area contributed by atoms with E-state index in [1.165, 1.54) is 0 Å². The van der Waals surface area contributed by atoms with E-state index < -0.39 is 0 Å². The van der Waals surface area contributed by atoms with Gasteiger partial charge in [-0.2, -0.15) is 0 Å². The molecule has 0 unspecified atom stereocenters. The van der Waals surface area contributed by atoms with Crippen molar-refractivity contribution in [1.82, 2.24) is 15.0 Å². The molecule has 94 valence electrons. The molecule has 2 aromatic rings. The Labute approximate surface area is 105 Å². The molecule has 5 heteroatoms. The number of nitrogens with zero attached hydrogens (tertiary/aromatic N) is 3. The van der Waals surface area contributed by atoms with Crippen molar-refractivity contribution in [3.63, 3.8) is 0 Å². The molecule has 1 aromatic carbocycles. The van der Waals surface area contributed by atoms with E-state index in [0.717, 1.165) is 11.4 Å². The molecule has 0 spiro atoms. The fraction of sp³-hybridized carbons (Fsp3) is 0.308. The molecule has 0 aliphatic rings. The van der Waals surface area contributed by atoms with Gasteiger partial charge in [0.05, 0.1) is 19.0 Å². The zero-order chi connectivity index (χ0) is 13.1. The average molecular weight is 245 g/mol. The highest BCUT2D eigenvalue weighted by molar-refractivity contribution is 5.95. The Morgan fingerprint density at radius 2 is 2.17 bits per heavy atom. The maximum atomic E-state index is 11.8. The molecular formula is C13H15N3O2. The number of rotatable bonds is 4. The Morgan fingerprint density at radius 1 is 1.39 bits per heavy atom. The standard InChI is InChI=1S/C13H15N3O2/c1-9(2)13(17)12-8-16(15-14-12)10-5-4-6-11(7-10)18-3/h4-9H,1-3H3. The second kappa shape index (κ2) is 5.00. The Hall–Kier alpha value is -2.17. The minimum atomic E-state index is -0.0829. The highest BCUT2D eigenvalue weighted by atomic mass is 16.5. The van der Waals surface area contributed by atoms with Crippen LogP contribution in [0.25, 0.3) is 5.69 Å². The molecule has 0 amide bonds. The van der Waals surface area contributed by atoms with E-state index in [1.807, 2.05) is 38.1 Å². The van der Waals surface area contributed by atoms with Crippen LogP contribution in [0.4, 0.5) is 0 Å². The normalized spacial score (nSPS) is 10.7. The van der Waals surface area contributed by atoms with Crippen LogP contribution in [0.3, 0.4) is 0 Å². The molecule has 0 N–H and O–H groups in total. The van der Waals surface area contributed by atoms with Crippen molar-refractivity contribution >= 4 is 5.78 Å². The summed E-state index contributed by atoms with van der Waals surface area (Å²) in [5, 5.41) is 7.85. The van der Waals surface area contributed by atoms with Gasteiger partial charge in [-0.1, -0.05) is 25.1 Å². The molecule has 18 heavy (non-hydrogen) atoms. The number of ketones is 1. The van der Waals surface area contributed by atoms with Gasteiger partial charge < -0.3 is 4.74 Å². The SMILES string of the molecule is COc1cccc(-n2cc(C(=O)C(C)C)nn2)c1. The second-order valence-corrected chi connectivity index (χ2v) is 4.27. The Balaban J connectivity index is 2.32. The van der Waals surface area contributed by atoms with Gasteiger partial charge in [0, 0.05) is 12.0 Å². The largest absolute Gasteiger partial charge is 0.497 e. The highest BCUT2D eigenvalue weighted by Crippen LogP contribution is 2.16. The molecule has 0 saturated heterocycles. The summed E-state index contributed by atoms with van der Waals surface area (Å²) in [5.41, 5.74) is 1.19. The van der Waals surface area contributed by atoms with Gasteiger partial charge in [-0.15, -0.1) is 5.10 Å². The van der Waals surface area contributed by atoms with Gasteiger partial charge in [-0.3, -0.25) is 4.79 Å². The van der Waals surface area contributed by atoms with Crippen LogP contribution in [0.1, 0.15) is 24.3 Å². The van der Waals surface area contributed by atoms with Crippen molar-refractivity contribution in [3.8, 4) is 11.4 Å². The van der Waals surface area contributed by atoms with Crippen LogP contribution in [-0.2, 0) is 0 Å². The third-order valence-electron chi connectivity index (χ3n) is 2.59. The molecular weight excluding hydrogens is 230 g/mol. The van der Waals surface area contributed by atoms with Crippen LogP contribution in [0.2, 0.25) is 0 Å². The van der Waals surface area contributed by atoms with Crippen molar-refractivity contribution in [2.45, 2.75) is 13.8 Å². The average Bonchev–Trinajstić information content (AvgIpc) is 2.87. The molecule has 0 saturated carbocycles. The van der Waals surface area contributed by atoms with Crippen molar-refractivity contribution < 1.29 is 9.53 Å². The third kappa shape index (κ3) is 2.40. The summed E-state index contributed by atoms with van der Waals surface area (Å²) in [5.74, 6) is 0.643. The summed E-state index contributed by atoms with van der Waals surface area (Å²) in [7, 11) is 1.61. The summed E-state index contributed by atoms with van der Waals surface area (Å²) in [6, 6.07) is 7.42. The lowest BCUT2D eigenvalue weighted by Gasteiger charge is -2.03. The number of benzene rings is 1. The number of carbonyl (C=O) groups excluding carboxylic acids is 1. The molecule has 1 aromatic heterocycles. The smallest absolute Gasteiger partial charge is 0.187 e. The Kier molecular flexibility index (Phi) is 3.41. The van der Waals surface area contributed by atoms with Crippen LogP contribution in [0, 0.1) is 5.92 Å². The number of Topliss-reactive ketones (excluding diaryl/α,β-unsaturated/α-hetero) is 1. The molecule has 5 nitrogen and oxygen atoms in total. The molecule has 0 aliphatic carbocycles. The second-order valence-electron chi connectivity index (χ2n) is 4.27.